The summed E-state index contributed by atoms with van der Waals surface area (Å²) in [7, 11) is 0. The highest BCUT2D eigenvalue weighted by Gasteiger charge is 2.09. The Balaban J connectivity index is 1.68. The van der Waals surface area contributed by atoms with Crippen LogP contribution in [0.2, 0.25) is 10.0 Å². The third kappa shape index (κ3) is 4.56. The molecule has 6 heteroatoms. The largest absolute Gasteiger partial charge is 0.269 e. The fourth-order valence-electron chi connectivity index (χ4n) is 2.53. The van der Waals surface area contributed by atoms with Crippen LogP contribution in [0, 0.1) is 10.1 Å². The maximum Gasteiger partial charge on any atom is 0.269 e. The number of nitro benzene ring substituents is 1. The van der Waals surface area contributed by atoms with Crippen LogP contribution in [0.3, 0.4) is 0 Å². The monoisotopic (exact) mass is 373 g/mol. The Bertz CT molecular complexity index is 894. The third-order valence-electron chi connectivity index (χ3n) is 3.88. The first-order valence-corrected chi connectivity index (χ1v) is 8.42. The fraction of sp³-hybridized carbons (Fsp3) is 0.105. The second-order valence-corrected chi connectivity index (χ2v) is 6.56. The molecule has 0 amide bonds. The van der Waals surface area contributed by atoms with Crippen molar-refractivity contribution in [2.24, 2.45) is 0 Å². The molecule has 0 unspecified atom stereocenters. The number of rotatable bonds is 5. The highest BCUT2D eigenvalue weighted by Crippen LogP contribution is 2.20. The lowest BCUT2D eigenvalue weighted by molar-refractivity contribution is -0.688. The molecule has 3 rings (SSSR count). The smallest absolute Gasteiger partial charge is 0.258 e. The van der Waals surface area contributed by atoms with E-state index in [2.05, 4.69) is 0 Å². The van der Waals surface area contributed by atoms with Crippen molar-refractivity contribution in [3.63, 3.8) is 0 Å². The van der Waals surface area contributed by atoms with Crippen molar-refractivity contribution >= 4 is 28.9 Å². The lowest BCUT2D eigenvalue weighted by Crippen LogP contribution is -2.33. The van der Waals surface area contributed by atoms with Crippen LogP contribution in [0.5, 0.6) is 0 Å². The normalized spacial score (nSPS) is 10.6. The van der Waals surface area contributed by atoms with Gasteiger partial charge in [-0.15, -0.1) is 0 Å². The number of benzene rings is 2. The number of aromatic nitrogens is 1. The molecular weight excluding hydrogens is 359 g/mol. The topological polar surface area (TPSA) is 47.0 Å². The van der Waals surface area contributed by atoms with Gasteiger partial charge in [0, 0.05) is 34.9 Å². The van der Waals surface area contributed by atoms with Crippen molar-refractivity contribution in [2.45, 2.75) is 13.0 Å². The molecule has 0 N–H and O–H groups in total. The van der Waals surface area contributed by atoms with Crippen molar-refractivity contribution in [3.8, 4) is 0 Å². The molecule has 1 aromatic heterocycles. The van der Waals surface area contributed by atoms with E-state index in [1.54, 1.807) is 18.2 Å². The minimum atomic E-state index is -0.392. The summed E-state index contributed by atoms with van der Waals surface area (Å²) in [6.07, 6.45) is 4.71. The van der Waals surface area contributed by atoms with Crippen molar-refractivity contribution in [2.75, 3.05) is 0 Å². The van der Waals surface area contributed by atoms with Gasteiger partial charge in [0.05, 0.1) is 9.95 Å². The lowest BCUT2D eigenvalue weighted by atomic mass is 10.1. The number of pyridine rings is 1. The summed E-state index contributed by atoms with van der Waals surface area (Å²) in [6.45, 7) is 0.661. The first-order valence-electron chi connectivity index (χ1n) is 7.66. The van der Waals surface area contributed by atoms with Crippen LogP contribution in [0.15, 0.2) is 67.0 Å². The minimum absolute atomic E-state index is 0.106. The standard InChI is InChI=1S/C19H15Cl2N2O2/c20-17-4-3-16(19(21)12-17)13-22-9-7-15(8-10-22)11-14-1-5-18(6-2-14)23(24)25/h1-10,12H,11,13H2/q+1. The number of hydrogen-bond donors (Lipinski definition) is 0. The molecule has 0 aliphatic heterocycles. The Kier molecular flexibility index (Phi) is 5.31. The van der Waals surface area contributed by atoms with Gasteiger partial charge in [0.2, 0.25) is 0 Å². The maximum absolute atomic E-state index is 10.7. The first kappa shape index (κ1) is 17.4. The minimum Gasteiger partial charge on any atom is -0.258 e. The summed E-state index contributed by atoms with van der Waals surface area (Å²) in [4.78, 5) is 10.3. The molecule has 0 saturated heterocycles. The molecule has 0 aliphatic rings. The van der Waals surface area contributed by atoms with E-state index in [1.807, 2.05) is 41.2 Å². The average molecular weight is 374 g/mol. The summed E-state index contributed by atoms with van der Waals surface area (Å²) >= 11 is 12.1. The number of hydrogen-bond acceptors (Lipinski definition) is 2. The zero-order valence-corrected chi connectivity index (χ0v) is 14.7. The molecule has 0 bridgehead atoms. The molecule has 0 aliphatic carbocycles. The van der Waals surface area contributed by atoms with Crippen LogP contribution in [-0.2, 0) is 13.0 Å². The number of halogens is 2. The van der Waals surface area contributed by atoms with Gasteiger partial charge in [-0.1, -0.05) is 35.3 Å². The molecule has 0 saturated carbocycles. The van der Waals surface area contributed by atoms with Gasteiger partial charge in [-0.2, -0.15) is 0 Å². The molecule has 2 aromatic carbocycles. The Morgan fingerprint density at radius 2 is 1.56 bits per heavy atom. The van der Waals surface area contributed by atoms with E-state index in [0.717, 1.165) is 23.1 Å². The predicted octanol–water partition coefficient (Wildman–Crippen LogP) is 4.83. The molecule has 0 fully saturated rings. The van der Waals surface area contributed by atoms with Crippen molar-refractivity contribution in [3.05, 3.63) is 104 Å². The second kappa shape index (κ2) is 7.64. The van der Waals surface area contributed by atoms with Gasteiger partial charge in [0.25, 0.3) is 5.69 Å². The molecule has 4 nitrogen and oxygen atoms in total. The van der Waals surface area contributed by atoms with E-state index in [-0.39, 0.29) is 5.69 Å². The van der Waals surface area contributed by atoms with Crippen LogP contribution in [0.25, 0.3) is 0 Å². The Morgan fingerprint density at radius 3 is 2.16 bits per heavy atom. The van der Waals surface area contributed by atoms with E-state index in [0.29, 0.717) is 16.6 Å². The number of nitrogens with zero attached hydrogens (tertiary/aromatic N) is 2. The number of non-ortho nitro benzene ring substituents is 1. The van der Waals surface area contributed by atoms with Crippen LogP contribution < -0.4 is 4.57 Å². The zero-order chi connectivity index (χ0) is 17.8. The molecule has 25 heavy (non-hydrogen) atoms. The van der Waals surface area contributed by atoms with Crippen LogP contribution >= 0.6 is 23.2 Å². The van der Waals surface area contributed by atoms with E-state index < -0.39 is 4.92 Å². The molecule has 126 valence electrons. The lowest BCUT2D eigenvalue weighted by Gasteiger charge is -2.04. The molecule has 1 heterocycles. The van der Waals surface area contributed by atoms with Gasteiger partial charge in [-0.25, -0.2) is 4.57 Å². The van der Waals surface area contributed by atoms with Crippen LogP contribution in [-0.4, -0.2) is 4.92 Å². The van der Waals surface area contributed by atoms with Gasteiger partial charge < -0.3 is 0 Å². The summed E-state index contributed by atoms with van der Waals surface area (Å²) in [5.41, 5.74) is 3.27. The van der Waals surface area contributed by atoms with Crippen LogP contribution in [0.4, 0.5) is 5.69 Å². The summed E-state index contributed by atoms with van der Waals surface area (Å²) in [5.74, 6) is 0. The highest BCUT2D eigenvalue weighted by molar-refractivity contribution is 6.35. The molecule has 3 aromatic rings. The van der Waals surface area contributed by atoms with E-state index in [4.69, 9.17) is 23.2 Å². The predicted molar refractivity (Wildman–Crippen MR) is 98.1 cm³/mol. The average Bonchev–Trinajstić information content (AvgIpc) is 2.59. The molecule has 0 spiro atoms. The first-order chi connectivity index (χ1) is 12.0. The molecule has 0 radical (unpaired) electrons. The number of nitro groups is 1. The molecule has 0 atom stereocenters. The summed E-state index contributed by atoms with van der Waals surface area (Å²) in [5, 5.41) is 12.0. The van der Waals surface area contributed by atoms with Gasteiger partial charge >= 0.3 is 0 Å². The second-order valence-electron chi connectivity index (χ2n) is 5.71. The Labute approximate surface area is 155 Å². The zero-order valence-electron chi connectivity index (χ0n) is 13.2. The van der Waals surface area contributed by atoms with Crippen molar-refractivity contribution in [1.29, 1.82) is 0 Å². The van der Waals surface area contributed by atoms with E-state index in [9.17, 15) is 10.1 Å². The van der Waals surface area contributed by atoms with Gasteiger partial charge in [-0.05, 0) is 35.7 Å². The Hall–Kier alpha value is -2.43. The van der Waals surface area contributed by atoms with Crippen molar-refractivity contribution in [1.82, 2.24) is 0 Å². The summed E-state index contributed by atoms with van der Waals surface area (Å²) < 4.78 is 2.04. The van der Waals surface area contributed by atoms with Gasteiger partial charge in [0.15, 0.2) is 18.9 Å². The van der Waals surface area contributed by atoms with Gasteiger partial charge in [-0.3, -0.25) is 10.1 Å². The van der Waals surface area contributed by atoms with E-state index in [1.165, 1.54) is 12.1 Å². The summed E-state index contributed by atoms with van der Waals surface area (Å²) in [6, 6.07) is 16.2. The van der Waals surface area contributed by atoms with Crippen molar-refractivity contribution < 1.29 is 9.49 Å². The fourth-order valence-corrected chi connectivity index (χ4v) is 3.00. The van der Waals surface area contributed by atoms with Gasteiger partial charge in [0.1, 0.15) is 0 Å². The third-order valence-corrected chi connectivity index (χ3v) is 4.47. The SMILES string of the molecule is O=[N+]([O-])c1ccc(Cc2cc[n+](Cc3ccc(Cl)cc3Cl)cc2)cc1. The molecular formula is C19H15Cl2N2O2+. The van der Waals surface area contributed by atoms with Crippen LogP contribution in [0.1, 0.15) is 16.7 Å². The van der Waals surface area contributed by atoms with E-state index >= 15 is 0 Å². The highest BCUT2D eigenvalue weighted by atomic mass is 35.5. The quantitative estimate of drug-likeness (QED) is 0.365. The Morgan fingerprint density at radius 1 is 0.920 bits per heavy atom. The maximum atomic E-state index is 10.7.